The maximum atomic E-state index is 7.17. The van der Waals surface area contributed by atoms with Crippen molar-refractivity contribution in [2.24, 2.45) is 17.2 Å². The third kappa shape index (κ3) is 132. The van der Waals surface area contributed by atoms with Crippen molar-refractivity contribution in [2.75, 3.05) is 19.6 Å². The molecule has 0 amide bonds. The highest BCUT2D eigenvalue weighted by Crippen LogP contribution is 1.77. The molecule has 7 heteroatoms. The SMILES string of the molecule is CCCCN.CCCCN.CCCCN.OB(O)O. The van der Waals surface area contributed by atoms with Crippen molar-refractivity contribution in [1.82, 2.24) is 0 Å². The molecule has 0 saturated carbocycles. The van der Waals surface area contributed by atoms with Gasteiger partial charge in [0.25, 0.3) is 0 Å². The van der Waals surface area contributed by atoms with Crippen LogP contribution in [0.5, 0.6) is 0 Å². The van der Waals surface area contributed by atoms with Gasteiger partial charge in [0.05, 0.1) is 0 Å². The van der Waals surface area contributed by atoms with Crippen LogP contribution in [0.15, 0.2) is 0 Å². The lowest BCUT2D eigenvalue weighted by Crippen LogP contribution is -2.07. The number of hydrogen-bond acceptors (Lipinski definition) is 6. The van der Waals surface area contributed by atoms with Gasteiger partial charge in [-0.25, -0.2) is 0 Å². The summed E-state index contributed by atoms with van der Waals surface area (Å²) in [6.45, 7) is 8.93. The molecule has 0 unspecified atom stereocenters. The van der Waals surface area contributed by atoms with Crippen molar-refractivity contribution < 1.29 is 15.1 Å². The fourth-order valence-electron chi connectivity index (χ4n) is 0.612. The summed E-state index contributed by atoms with van der Waals surface area (Å²) in [6, 6.07) is 0. The first kappa shape index (κ1) is 27.2. The van der Waals surface area contributed by atoms with Crippen LogP contribution in [0.1, 0.15) is 59.3 Å². The van der Waals surface area contributed by atoms with E-state index >= 15 is 0 Å². The molecule has 0 heterocycles. The van der Waals surface area contributed by atoms with Gasteiger partial charge in [-0.1, -0.05) is 40.0 Å². The number of unbranched alkanes of at least 4 members (excludes halogenated alkanes) is 3. The molecule has 0 radical (unpaired) electrons. The normalized spacial score (nSPS) is 8.05. The predicted molar refractivity (Wildman–Crippen MR) is 84.3 cm³/mol. The molecule has 0 atom stereocenters. The number of rotatable bonds is 6. The molecule has 9 N–H and O–H groups in total. The van der Waals surface area contributed by atoms with Gasteiger partial charge in [-0.2, -0.15) is 0 Å². The smallest absolute Gasteiger partial charge is 0.402 e. The molecule has 0 fully saturated rings. The van der Waals surface area contributed by atoms with Gasteiger partial charge in [-0.05, 0) is 38.9 Å². The quantitative estimate of drug-likeness (QED) is 0.384. The van der Waals surface area contributed by atoms with Crippen molar-refractivity contribution in [3.63, 3.8) is 0 Å². The van der Waals surface area contributed by atoms with Gasteiger partial charge in [0.15, 0.2) is 0 Å². The van der Waals surface area contributed by atoms with Gasteiger partial charge in [0.2, 0.25) is 0 Å². The summed E-state index contributed by atoms with van der Waals surface area (Å²) in [5.74, 6) is 0. The van der Waals surface area contributed by atoms with Gasteiger partial charge in [0, 0.05) is 0 Å². The molecule has 6 nitrogen and oxygen atoms in total. The molecule has 0 rings (SSSR count). The van der Waals surface area contributed by atoms with E-state index in [1.165, 1.54) is 38.5 Å². The summed E-state index contributed by atoms with van der Waals surface area (Å²) in [5, 5.41) is 21.5. The zero-order valence-corrected chi connectivity index (χ0v) is 13.0. The van der Waals surface area contributed by atoms with Crippen LogP contribution >= 0.6 is 0 Å². The van der Waals surface area contributed by atoms with E-state index in [-0.39, 0.29) is 0 Å². The highest BCUT2D eigenvalue weighted by Gasteiger charge is 1.92. The summed E-state index contributed by atoms with van der Waals surface area (Å²) in [7, 11) is -2.17. The molecular weight excluding hydrogens is 245 g/mol. The maximum Gasteiger partial charge on any atom is 0.631 e. The molecule has 0 saturated heterocycles. The average Bonchev–Trinajstić information content (AvgIpc) is 2.33. The summed E-state index contributed by atoms with van der Waals surface area (Å²) in [6.07, 6.45) is 7.16. The number of hydrogen-bond donors (Lipinski definition) is 6. The van der Waals surface area contributed by atoms with Crippen molar-refractivity contribution in [3.8, 4) is 0 Å². The molecule has 0 spiro atoms. The lowest BCUT2D eigenvalue weighted by Gasteiger charge is -1.80. The molecule has 120 valence electrons. The van der Waals surface area contributed by atoms with Crippen molar-refractivity contribution in [3.05, 3.63) is 0 Å². The van der Waals surface area contributed by atoms with E-state index in [2.05, 4.69) is 20.8 Å². The van der Waals surface area contributed by atoms with Gasteiger partial charge < -0.3 is 32.3 Å². The summed E-state index contributed by atoms with van der Waals surface area (Å²) >= 11 is 0. The van der Waals surface area contributed by atoms with Crippen LogP contribution in [0.4, 0.5) is 0 Å². The monoisotopic (exact) mass is 281 g/mol. The Kier molecular flexibility index (Phi) is 51.7. The van der Waals surface area contributed by atoms with Gasteiger partial charge in [-0.15, -0.1) is 0 Å². The van der Waals surface area contributed by atoms with Crippen LogP contribution < -0.4 is 17.2 Å². The van der Waals surface area contributed by atoms with E-state index in [0.29, 0.717) is 0 Å². The second-order valence-corrected chi connectivity index (χ2v) is 3.77. The molecular formula is C12H36BN3O3. The third-order valence-corrected chi connectivity index (χ3v) is 1.67. The Morgan fingerprint density at radius 3 is 0.789 bits per heavy atom. The van der Waals surface area contributed by atoms with Crippen LogP contribution in [-0.2, 0) is 0 Å². The topological polar surface area (TPSA) is 139 Å². The number of nitrogens with two attached hydrogens (primary N) is 3. The molecule has 0 aliphatic rings. The Hall–Kier alpha value is -0.175. The molecule has 0 aromatic rings. The molecule has 0 aliphatic heterocycles. The van der Waals surface area contributed by atoms with E-state index in [9.17, 15) is 0 Å². The third-order valence-electron chi connectivity index (χ3n) is 1.67. The maximum absolute atomic E-state index is 7.17. The molecule has 19 heavy (non-hydrogen) atoms. The summed E-state index contributed by atoms with van der Waals surface area (Å²) in [4.78, 5) is 0. The lowest BCUT2D eigenvalue weighted by molar-refractivity contribution is 0.278. The van der Waals surface area contributed by atoms with Crippen LogP contribution in [0, 0.1) is 0 Å². The molecule has 0 aromatic heterocycles. The standard InChI is InChI=1S/3C4H11N.BH3O3/c3*1-2-3-4-5;2-1(3)4/h3*2-5H2,1H3;2-4H. The zero-order valence-electron chi connectivity index (χ0n) is 13.0. The minimum Gasteiger partial charge on any atom is -0.402 e. The molecule has 0 bridgehead atoms. The minimum absolute atomic E-state index is 0.844. The van der Waals surface area contributed by atoms with Gasteiger partial charge in [0.1, 0.15) is 0 Å². The predicted octanol–water partition coefficient (Wildman–Crippen LogP) is 0.184. The first-order valence-corrected chi connectivity index (χ1v) is 7.12. The summed E-state index contributed by atoms with van der Waals surface area (Å²) < 4.78 is 0. The Morgan fingerprint density at radius 2 is 0.789 bits per heavy atom. The highest BCUT2D eigenvalue weighted by atomic mass is 16.5. The van der Waals surface area contributed by atoms with E-state index in [4.69, 9.17) is 32.3 Å². The van der Waals surface area contributed by atoms with Gasteiger partial charge >= 0.3 is 7.32 Å². The second kappa shape index (κ2) is 36.1. The fourth-order valence-corrected chi connectivity index (χ4v) is 0.612. The van der Waals surface area contributed by atoms with Crippen molar-refractivity contribution in [1.29, 1.82) is 0 Å². The van der Waals surface area contributed by atoms with Crippen LogP contribution in [0.25, 0.3) is 0 Å². The average molecular weight is 281 g/mol. The molecule has 0 aromatic carbocycles. The van der Waals surface area contributed by atoms with E-state index in [1.807, 2.05) is 0 Å². The lowest BCUT2D eigenvalue weighted by atomic mass is 10.3. The fraction of sp³-hybridized carbons (Fsp3) is 1.00. The van der Waals surface area contributed by atoms with Crippen LogP contribution in [0.3, 0.4) is 0 Å². The molecule has 0 aliphatic carbocycles. The minimum atomic E-state index is -2.17. The summed E-state index contributed by atoms with van der Waals surface area (Å²) in [5.41, 5.74) is 15.4. The Morgan fingerprint density at radius 1 is 0.632 bits per heavy atom. The Bertz CT molecular complexity index is 89.2. The first-order chi connectivity index (χ1) is 8.97. The van der Waals surface area contributed by atoms with Crippen LogP contribution in [-0.4, -0.2) is 42.0 Å². The van der Waals surface area contributed by atoms with E-state index in [0.717, 1.165) is 19.6 Å². The Labute approximate surface area is 119 Å². The van der Waals surface area contributed by atoms with Crippen molar-refractivity contribution in [2.45, 2.75) is 59.3 Å². The van der Waals surface area contributed by atoms with Crippen LogP contribution in [0.2, 0.25) is 0 Å². The zero-order chi connectivity index (χ0) is 15.9. The first-order valence-electron chi connectivity index (χ1n) is 7.12. The Balaban J connectivity index is -0.0000000793. The second-order valence-electron chi connectivity index (χ2n) is 3.77. The van der Waals surface area contributed by atoms with E-state index < -0.39 is 7.32 Å². The van der Waals surface area contributed by atoms with Crippen molar-refractivity contribution >= 4 is 7.32 Å². The van der Waals surface area contributed by atoms with Gasteiger partial charge in [-0.3, -0.25) is 0 Å². The largest absolute Gasteiger partial charge is 0.631 e. The highest BCUT2D eigenvalue weighted by molar-refractivity contribution is 6.30. The van der Waals surface area contributed by atoms with E-state index in [1.54, 1.807) is 0 Å².